The van der Waals surface area contributed by atoms with Crippen molar-refractivity contribution in [2.24, 2.45) is 0 Å². The summed E-state index contributed by atoms with van der Waals surface area (Å²) in [4.78, 5) is 41.3. The number of rotatable bonds is 4. The first-order valence-electron chi connectivity index (χ1n) is 6.95. The molecule has 2 aromatic heterocycles. The molecule has 0 unspecified atom stereocenters. The molecule has 2 aromatic rings. The Balaban J connectivity index is 0.000000758. The summed E-state index contributed by atoms with van der Waals surface area (Å²) in [5.41, 5.74) is 16.2. The van der Waals surface area contributed by atoms with Crippen molar-refractivity contribution in [2.75, 3.05) is 12.3 Å². The molecule has 16 heteroatoms. The average molecular weight is 391 g/mol. The lowest BCUT2D eigenvalue weighted by atomic mass is 10.2. The van der Waals surface area contributed by atoms with E-state index in [1.165, 1.54) is 10.9 Å². The second kappa shape index (κ2) is 7.80. The zero-order valence-corrected chi connectivity index (χ0v) is 13.9. The third-order valence-electron chi connectivity index (χ3n) is 3.37. The number of nitrogens with zero attached hydrogens (tertiary/aromatic N) is 4. The fraction of sp³-hybridized carbons (Fsp3) is 0.500. The van der Waals surface area contributed by atoms with E-state index >= 15 is 0 Å². The van der Waals surface area contributed by atoms with Crippen LogP contribution in [0.5, 0.6) is 0 Å². The number of H-pyrrole nitrogens is 1. The normalized spacial score (nSPS) is 22.7. The van der Waals surface area contributed by atoms with Gasteiger partial charge in [0.15, 0.2) is 11.2 Å². The van der Waals surface area contributed by atoms with E-state index in [0.29, 0.717) is 0 Å². The van der Waals surface area contributed by atoms with Crippen LogP contribution in [-0.2, 0) is 13.8 Å². The average Bonchev–Trinajstić information content (AvgIpc) is 3.08. The first-order valence-corrected chi connectivity index (χ1v) is 8.48. The van der Waals surface area contributed by atoms with Gasteiger partial charge in [-0.1, -0.05) is 0 Å². The topological polar surface area (TPSA) is 248 Å². The van der Waals surface area contributed by atoms with Crippen LogP contribution < -0.4 is 16.2 Å². The monoisotopic (exact) mass is 391 g/mol. The third-order valence-corrected chi connectivity index (χ3v) is 3.86. The molecule has 3 rings (SSSR count). The summed E-state index contributed by atoms with van der Waals surface area (Å²) in [6.07, 6.45) is -1.26. The van der Waals surface area contributed by atoms with Crippen molar-refractivity contribution < 1.29 is 28.7 Å². The molecule has 26 heavy (non-hydrogen) atoms. The van der Waals surface area contributed by atoms with E-state index < -0.39 is 38.4 Å². The predicted octanol–water partition coefficient (Wildman–Crippen LogP) is -1.42. The van der Waals surface area contributed by atoms with Gasteiger partial charge in [-0.2, -0.15) is 4.98 Å². The van der Waals surface area contributed by atoms with Crippen LogP contribution >= 0.6 is 7.82 Å². The fourth-order valence-corrected chi connectivity index (χ4v) is 2.70. The van der Waals surface area contributed by atoms with Gasteiger partial charge in [-0.3, -0.25) is 18.9 Å². The van der Waals surface area contributed by atoms with Crippen LogP contribution in [0, 0.1) is 11.1 Å². The number of anilines is 1. The van der Waals surface area contributed by atoms with Crippen molar-refractivity contribution in [2.45, 2.75) is 24.9 Å². The zero-order valence-electron chi connectivity index (χ0n) is 13.0. The number of nitrogens with one attached hydrogen (secondary N) is 3. The summed E-state index contributed by atoms with van der Waals surface area (Å²) in [5.74, 6) is -0.0934. The van der Waals surface area contributed by atoms with E-state index in [4.69, 9.17) is 31.3 Å². The van der Waals surface area contributed by atoms with Crippen LogP contribution in [-0.4, -0.2) is 53.2 Å². The molecule has 0 amide bonds. The van der Waals surface area contributed by atoms with Gasteiger partial charge in [0.25, 0.3) is 5.56 Å². The summed E-state index contributed by atoms with van der Waals surface area (Å²) in [5, 5.41) is 9.93. The Morgan fingerprint density at radius 3 is 2.81 bits per heavy atom. The largest absolute Gasteiger partial charge is 0.469 e. The van der Waals surface area contributed by atoms with Crippen LogP contribution in [0.15, 0.2) is 11.1 Å². The molecule has 0 aliphatic carbocycles. The number of phosphoric acid groups is 1. The number of ether oxygens (including phenoxy) is 1. The molecule has 0 radical (unpaired) electrons. The molecular weight excluding hydrogens is 375 g/mol. The molecule has 15 nitrogen and oxygen atoms in total. The van der Waals surface area contributed by atoms with Crippen molar-refractivity contribution in [1.82, 2.24) is 24.4 Å². The van der Waals surface area contributed by atoms with Gasteiger partial charge in [-0.05, 0) is 0 Å². The molecule has 142 valence electrons. The summed E-state index contributed by atoms with van der Waals surface area (Å²) in [6.45, 7) is -0.481. The van der Waals surface area contributed by atoms with Gasteiger partial charge >= 0.3 is 7.82 Å². The Morgan fingerprint density at radius 2 is 2.19 bits per heavy atom. The Morgan fingerprint density at radius 1 is 1.54 bits per heavy atom. The molecule has 0 spiro atoms. The number of fused-ring (bicyclic) bond motifs is 1. The number of aliphatic hydroxyl groups excluding tert-OH is 1. The van der Waals surface area contributed by atoms with E-state index in [-0.39, 0.29) is 23.5 Å². The lowest BCUT2D eigenvalue weighted by molar-refractivity contribution is -0.0424. The van der Waals surface area contributed by atoms with Gasteiger partial charge < -0.3 is 25.4 Å². The van der Waals surface area contributed by atoms with E-state index in [2.05, 4.69) is 19.5 Å². The van der Waals surface area contributed by atoms with Gasteiger partial charge in [-0.15, -0.1) is 0 Å². The van der Waals surface area contributed by atoms with Crippen molar-refractivity contribution in [3.05, 3.63) is 16.7 Å². The van der Waals surface area contributed by atoms with Gasteiger partial charge in [-0.25, -0.2) is 9.55 Å². The van der Waals surface area contributed by atoms with E-state index in [0.717, 1.165) is 0 Å². The number of aromatic nitrogens is 4. The number of hydrogen-bond donors (Lipinski definition) is 7. The molecule has 0 saturated carbocycles. The highest BCUT2D eigenvalue weighted by molar-refractivity contribution is 7.46. The minimum absolute atomic E-state index is 0.0622. The maximum atomic E-state index is 11.7. The second-order valence-corrected chi connectivity index (χ2v) is 6.34. The van der Waals surface area contributed by atoms with Crippen molar-refractivity contribution in [3.8, 4) is 0 Å². The van der Waals surface area contributed by atoms with Crippen LogP contribution in [0.1, 0.15) is 12.6 Å². The molecule has 1 fully saturated rings. The van der Waals surface area contributed by atoms with E-state index in [1.807, 2.05) is 4.91 Å². The Labute approximate surface area is 144 Å². The Kier molecular flexibility index (Phi) is 5.94. The molecule has 1 saturated heterocycles. The summed E-state index contributed by atoms with van der Waals surface area (Å²) >= 11 is 0. The first-order chi connectivity index (χ1) is 12.2. The molecule has 1 aliphatic rings. The van der Waals surface area contributed by atoms with Crippen LogP contribution in [0.4, 0.5) is 5.95 Å². The van der Waals surface area contributed by atoms with Crippen LogP contribution in [0.25, 0.3) is 11.2 Å². The summed E-state index contributed by atoms with van der Waals surface area (Å²) in [6, 6.07) is 0. The second-order valence-electron chi connectivity index (χ2n) is 5.11. The van der Waals surface area contributed by atoms with Crippen LogP contribution in [0.3, 0.4) is 0 Å². The Bertz CT molecular complexity index is 916. The maximum absolute atomic E-state index is 11.7. The minimum atomic E-state index is -4.66. The molecule has 3 atom stereocenters. The van der Waals surface area contributed by atoms with Crippen LogP contribution in [0.2, 0.25) is 0 Å². The van der Waals surface area contributed by atoms with Crippen molar-refractivity contribution in [1.29, 1.82) is 11.1 Å². The molecule has 1 aliphatic heterocycles. The quantitative estimate of drug-likeness (QED) is 0.182. The lowest BCUT2D eigenvalue weighted by Gasteiger charge is -2.16. The van der Waals surface area contributed by atoms with Gasteiger partial charge in [0.1, 0.15) is 23.4 Å². The maximum Gasteiger partial charge on any atom is 0.469 e. The number of phosphoric ester groups is 1. The van der Waals surface area contributed by atoms with Gasteiger partial charge in [0, 0.05) is 6.42 Å². The smallest absolute Gasteiger partial charge is 0.390 e. The molecule has 0 bridgehead atoms. The lowest BCUT2D eigenvalue weighted by Crippen LogP contribution is -2.25. The predicted molar refractivity (Wildman–Crippen MR) is 82.7 cm³/mol. The third kappa shape index (κ3) is 4.56. The summed E-state index contributed by atoms with van der Waals surface area (Å²) < 4.78 is 22.0. The molecule has 8 N–H and O–H groups in total. The number of nitrogens with two attached hydrogens (primary N) is 1. The highest BCUT2D eigenvalue weighted by Gasteiger charge is 2.37. The minimum Gasteiger partial charge on any atom is -0.390 e. The van der Waals surface area contributed by atoms with Crippen molar-refractivity contribution >= 4 is 24.9 Å². The molecule has 0 aromatic carbocycles. The number of aliphatic hydroxyl groups is 1. The fourth-order valence-electron chi connectivity index (χ4n) is 2.36. The molecular formula is C10H16N8O7P+. The number of hydrogen-bond acceptors (Lipinski definition) is 10. The first kappa shape index (κ1) is 19.8. The standard InChI is InChI=1S/C10H14N5O7P.H2N3/c11-10-13-8-7(9(17)14-10)12-3-15(8)6-1-4(16)5(22-6)2-21-23(18,19)20;1-3-2/h3-6,16H,1-2H2,(H2,18,19,20)(H3,11,13,14,17);1-2H/q;+1/t4-,5+,6+;/m0./s1. The molecule has 3 heterocycles. The van der Waals surface area contributed by atoms with E-state index in [9.17, 15) is 14.5 Å². The SMILES string of the molecule is N=[N+]=N.Nc1nc2c(ncn2[C@H]2C[C@H](O)[C@@H](COP(=O)(O)O)O2)c(=O)[nH]1. The number of aromatic amines is 1. The highest BCUT2D eigenvalue weighted by atomic mass is 31.2. The Hall–Kier alpha value is -2.51. The summed E-state index contributed by atoms with van der Waals surface area (Å²) in [7, 11) is -4.66. The van der Waals surface area contributed by atoms with Gasteiger partial charge in [0.2, 0.25) is 10.9 Å². The van der Waals surface area contributed by atoms with Gasteiger partial charge in [0.05, 0.1) is 19.0 Å². The number of imidazole rings is 1. The number of nitrogen functional groups attached to an aromatic ring is 1. The van der Waals surface area contributed by atoms with Crippen molar-refractivity contribution in [3.63, 3.8) is 0 Å². The zero-order chi connectivity index (χ0) is 19.5. The highest BCUT2D eigenvalue weighted by Crippen LogP contribution is 2.38. The van der Waals surface area contributed by atoms with E-state index in [1.54, 1.807) is 0 Å².